The Morgan fingerprint density at radius 3 is 2.87 bits per heavy atom. The molecule has 0 bridgehead atoms. The summed E-state index contributed by atoms with van der Waals surface area (Å²) in [6, 6.07) is 0. The highest BCUT2D eigenvalue weighted by Crippen LogP contribution is 2.40. The second-order valence-corrected chi connectivity index (χ2v) is 9.59. The molecule has 1 unspecified atom stereocenters. The zero-order valence-corrected chi connectivity index (χ0v) is 19.5. The van der Waals surface area contributed by atoms with Crippen molar-refractivity contribution >= 4 is 40.0 Å². The highest BCUT2D eigenvalue weighted by Gasteiger charge is 2.29. The molecule has 0 radical (unpaired) electrons. The summed E-state index contributed by atoms with van der Waals surface area (Å²) < 4.78 is 5.23. The van der Waals surface area contributed by atoms with E-state index in [1.165, 1.54) is 11.3 Å². The number of amides is 1. The van der Waals surface area contributed by atoms with E-state index in [2.05, 4.69) is 22.2 Å². The van der Waals surface area contributed by atoms with Crippen LogP contribution in [0, 0.1) is 12.8 Å². The first-order valence-electron chi connectivity index (χ1n) is 10.3. The minimum Gasteiger partial charge on any atom is -0.462 e. The summed E-state index contributed by atoms with van der Waals surface area (Å²) in [4.78, 5) is 45.4. The van der Waals surface area contributed by atoms with E-state index < -0.39 is 5.97 Å². The summed E-state index contributed by atoms with van der Waals surface area (Å²) in [5, 5.41) is 12.8. The minimum atomic E-state index is -0.404. The number of fused-ring (bicyclic) bond motifs is 1. The summed E-state index contributed by atoms with van der Waals surface area (Å²) in [6.07, 6.45) is 2.93. The number of aryl methyl sites for hydroxylation is 1. The number of carbonyl (C=O) groups excluding carboxylic acids is 2. The van der Waals surface area contributed by atoms with Gasteiger partial charge in [0, 0.05) is 29.2 Å². The summed E-state index contributed by atoms with van der Waals surface area (Å²) in [5.41, 5.74) is 2.13. The molecule has 0 spiro atoms. The zero-order chi connectivity index (χ0) is 22.5. The number of hydrogen-bond acceptors (Lipinski definition) is 8. The lowest BCUT2D eigenvalue weighted by atomic mass is 9.88. The van der Waals surface area contributed by atoms with Gasteiger partial charge in [0.05, 0.1) is 17.9 Å². The van der Waals surface area contributed by atoms with Crippen LogP contribution in [0.1, 0.15) is 52.3 Å². The predicted octanol–water partition coefficient (Wildman–Crippen LogP) is 2.71. The van der Waals surface area contributed by atoms with Crippen molar-refractivity contribution in [2.24, 2.45) is 5.92 Å². The summed E-state index contributed by atoms with van der Waals surface area (Å²) in [5.74, 6) is -0.121. The maximum Gasteiger partial charge on any atom is 0.341 e. The number of hydrogen-bond donors (Lipinski definition) is 3. The molecule has 31 heavy (non-hydrogen) atoms. The number of nitrogens with zero attached hydrogens (tertiary/aromatic N) is 1. The number of aromatic nitrogens is 2. The topological polar surface area (TPSA) is 121 Å². The molecular formula is C21H27N3O5S2. The van der Waals surface area contributed by atoms with Crippen LogP contribution in [-0.2, 0) is 28.8 Å². The third kappa shape index (κ3) is 5.55. The summed E-state index contributed by atoms with van der Waals surface area (Å²) in [6.45, 7) is 5.78. The Morgan fingerprint density at radius 2 is 2.19 bits per heavy atom. The molecule has 1 aliphatic carbocycles. The molecule has 0 saturated carbocycles. The molecule has 0 aliphatic heterocycles. The van der Waals surface area contributed by atoms with Crippen LogP contribution in [0.4, 0.5) is 5.00 Å². The smallest absolute Gasteiger partial charge is 0.341 e. The van der Waals surface area contributed by atoms with Gasteiger partial charge < -0.3 is 20.1 Å². The molecule has 1 atom stereocenters. The second-order valence-electron chi connectivity index (χ2n) is 7.52. The fourth-order valence-electron chi connectivity index (χ4n) is 3.61. The Kier molecular flexibility index (Phi) is 7.90. The van der Waals surface area contributed by atoms with E-state index in [0.29, 0.717) is 32.9 Å². The third-order valence-corrected chi connectivity index (χ3v) is 7.19. The number of aliphatic hydroxyl groups excluding tert-OH is 1. The van der Waals surface area contributed by atoms with Crippen molar-refractivity contribution in [1.82, 2.24) is 9.97 Å². The Balaban J connectivity index is 1.73. The molecule has 0 saturated heterocycles. The number of carbonyl (C=O) groups is 2. The van der Waals surface area contributed by atoms with Gasteiger partial charge in [-0.15, -0.1) is 11.3 Å². The molecule has 2 aromatic heterocycles. The molecule has 3 rings (SSSR count). The number of thioether (sulfide) groups is 1. The van der Waals surface area contributed by atoms with Crippen LogP contribution in [0.25, 0.3) is 0 Å². The number of nitrogens with one attached hydrogen (secondary N) is 2. The average Bonchev–Trinajstić information content (AvgIpc) is 3.06. The monoisotopic (exact) mass is 465 g/mol. The Morgan fingerprint density at radius 1 is 1.42 bits per heavy atom. The molecule has 0 fully saturated rings. The summed E-state index contributed by atoms with van der Waals surface area (Å²) in [7, 11) is 0. The number of rotatable bonds is 8. The number of ether oxygens (including phenoxy) is 1. The van der Waals surface area contributed by atoms with Crippen LogP contribution in [0.5, 0.6) is 0 Å². The number of aromatic amines is 1. The van der Waals surface area contributed by atoms with E-state index in [1.807, 2.05) is 0 Å². The van der Waals surface area contributed by atoms with E-state index >= 15 is 0 Å². The second kappa shape index (κ2) is 10.4. The number of aliphatic hydroxyl groups is 1. The molecule has 1 aliphatic rings. The van der Waals surface area contributed by atoms with Crippen LogP contribution >= 0.6 is 23.1 Å². The molecule has 3 N–H and O–H groups in total. The molecule has 1 amide bonds. The highest BCUT2D eigenvalue weighted by molar-refractivity contribution is 7.99. The lowest BCUT2D eigenvalue weighted by Gasteiger charge is -2.18. The van der Waals surface area contributed by atoms with Crippen molar-refractivity contribution in [2.75, 3.05) is 24.3 Å². The quantitative estimate of drug-likeness (QED) is 0.311. The van der Waals surface area contributed by atoms with Gasteiger partial charge in [0.25, 0.3) is 5.56 Å². The van der Waals surface area contributed by atoms with Gasteiger partial charge in [0.15, 0.2) is 5.16 Å². The van der Waals surface area contributed by atoms with Crippen molar-refractivity contribution in [1.29, 1.82) is 0 Å². The molecule has 2 aromatic rings. The fraction of sp³-hybridized carbons (Fsp3) is 0.524. The maximum atomic E-state index is 12.6. The van der Waals surface area contributed by atoms with E-state index in [4.69, 9.17) is 9.84 Å². The number of H-pyrrole nitrogens is 1. The molecule has 0 aromatic carbocycles. The Bertz CT molecular complexity index is 1030. The lowest BCUT2D eigenvalue weighted by molar-refractivity contribution is -0.113. The van der Waals surface area contributed by atoms with Gasteiger partial charge in [0.2, 0.25) is 5.91 Å². The molecule has 8 nitrogen and oxygen atoms in total. The minimum absolute atomic E-state index is 0.0307. The van der Waals surface area contributed by atoms with Crippen molar-refractivity contribution in [2.45, 2.75) is 51.6 Å². The van der Waals surface area contributed by atoms with Crippen molar-refractivity contribution in [3.8, 4) is 0 Å². The van der Waals surface area contributed by atoms with Gasteiger partial charge >= 0.3 is 5.97 Å². The fourth-order valence-corrected chi connectivity index (χ4v) is 5.74. The van der Waals surface area contributed by atoms with Gasteiger partial charge in [0.1, 0.15) is 5.00 Å². The van der Waals surface area contributed by atoms with Crippen LogP contribution < -0.4 is 10.9 Å². The largest absolute Gasteiger partial charge is 0.462 e. The van der Waals surface area contributed by atoms with Crippen LogP contribution in [0.2, 0.25) is 0 Å². The molecule has 168 valence electrons. The third-order valence-electron chi connectivity index (χ3n) is 5.15. The first kappa shape index (κ1) is 23.5. The molecule has 2 heterocycles. The van der Waals surface area contributed by atoms with E-state index in [9.17, 15) is 14.4 Å². The first-order valence-corrected chi connectivity index (χ1v) is 12.1. The van der Waals surface area contributed by atoms with Crippen LogP contribution in [0.15, 0.2) is 9.95 Å². The average molecular weight is 466 g/mol. The number of esters is 1. The Labute approximate surface area is 188 Å². The summed E-state index contributed by atoms with van der Waals surface area (Å²) >= 11 is 2.55. The van der Waals surface area contributed by atoms with Crippen molar-refractivity contribution < 1.29 is 19.4 Å². The SMILES string of the molecule is CCOC(=O)c1c(NC(=O)CSc2nc(C)c(CCO)c(=O)[nH]2)sc2c1CCC(C)C2. The molecular weight excluding hydrogens is 438 g/mol. The zero-order valence-electron chi connectivity index (χ0n) is 17.9. The standard InChI is InChI=1S/C21H27N3O5S2/c1-4-29-20(28)17-14-6-5-11(2)9-15(14)31-19(17)23-16(26)10-30-21-22-12(3)13(7-8-25)18(27)24-21/h11,25H,4-10H2,1-3H3,(H,23,26)(H,22,24,27). The maximum absolute atomic E-state index is 12.6. The van der Waals surface area contributed by atoms with E-state index in [-0.39, 0.29) is 36.9 Å². The van der Waals surface area contributed by atoms with E-state index in [1.54, 1.807) is 13.8 Å². The Hall–Kier alpha value is -2.17. The van der Waals surface area contributed by atoms with Crippen LogP contribution in [-0.4, -0.2) is 45.9 Å². The number of anilines is 1. The lowest BCUT2D eigenvalue weighted by Crippen LogP contribution is -2.20. The highest BCUT2D eigenvalue weighted by atomic mass is 32.2. The molecule has 10 heteroatoms. The van der Waals surface area contributed by atoms with Gasteiger partial charge in [-0.2, -0.15) is 0 Å². The van der Waals surface area contributed by atoms with Gasteiger partial charge in [-0.3, -0.25) is 9.59 Å². The van der Waals surface area contributed by atoms with Crippen LogP contribution in [0.3, 0.4) is 0 Å². The van der Waals surface area contributed by atoms with Gasteiger partial charge in [-0.05, 0) is 44.6 Å². The predicted molar refractivity (Wildman–Crippen MR) is 121 cm³/mol. The number of thiophene rings is 1. The normalized spacial score (nSPS) is 15.4. The van der Waals surface area contributed by atoms with Crippen molar-refractivity contribution in [3.05, 3.63) is 37.6 Å². The van der Waals surface area contributed by atoms with Gasteiger partial charge in [-0.25, -0.2) is 9.78 Å². The van der Waals surface area contributed by atoms with Crippen molar-refractivity contribution in [3.63, 3.8) is 0 Å². The van der Waals surface area contributed by atoms with E-state index in [0.717, 1.165) is 41.5 Å². The first-order chi connectivity index (χ1) is 14.8. The van der Waals surface area contributed by atoms with Gasteiger partial charge in [-0.1, -0.05) is 18.7 Å².